The van der Waals surface area contributed by atoms with Crippen molar-refractivity contribution in [1.82, 2.24) is 20.2 Å². The minimum atomic E-state index is -0.371. The summed E-state index contributed by atoms with van der Waals surface area (Å²) in [5.74, 6) is -0.186. The third-order valence-electron chi connectivity index (χ3n) is 3.94. The van der Waals surface area contributed by atoms with E-state index in [2.05, 4.69) is 27.4 Å². The Morgan fingerprint density at radius 3 is 2.79 bits per heavy atom. The zero-order valence-corrected chi connectivity index (χ0v) is 14.5. The van der Waals surface area contributed by atoms with Gasteiger partial charge in [-0.15, -0.1) is 0 Å². The summed E-state index contributed by atoms with van der Waals surface area (Å²) in [6.07, 6.45) is 0.751. The SMILES string of the molecule is Cc1[nH]c(SC(C)C(=O)N2CCNC2=O)nc1Cc1ccccc1. The molecule has 0 radical (unpaired) electrons. The average Bonchev–Trinajstić information content (AvgIpc) is 3.14. The molecule has 0 spiro atoms. The molecule has 6 nitrogen and oxygen atoms in total. The topological polar surface area (TPSA) is 78.1 Å². The molecular formula is C17H20N4O2S. The van der Waals surface area contributed by atoms with Crippen molar-refractivity contribution in [2.24, 2.45) is 0 Å². The lowest BCUT2D eigenvalue weighted by Gasteiger charge is -2.16. The van der Waals surface area contributed by atoms with Gasteiger partial charge in [0.15, 0.2) is 5.16 Å². The van der Waals surface area contributed by atoms with Crippen molar-refractivity contribution in [3.8, 4) is 0 Å². The van der Waals surface area contributed by atoms with Gasteiger partial charge in [-0.1, -0.05) is 42.1 Å². The Morgan fingerprint density at radius 2 is 2.12 bits per heavy atom. The van der Waals surface area contributed by atoms with Crippen molar-refractivity contribution in [1.29, 1.82) is 0 Å². The van der Waals surface area contributed by atoms with E-state index < -0.39 is 0 Å². The molecule has 2 N–H and O–H groups in total. The summed E-state index contributed by atoms with van der Waals surface area (Å²) in [5.41, 5.74) is 3.17. The molecule has 0 aliphatic carbocycles. The lowest BCUT2D eigenvalue weighted by atomic mass is 10.1. The fourth-order valence-corrected chi connectivity index (χ4v) is 3.54. The summed E-state index contributed by atoms with van der Waals surface area (Å²) in [4.78, 5) is 33.0. The van der Waals surface area contributed by atoms with Gasteiger partial charge in [0.1, 0.15) is 0 Å². The molecule has 1 fully saturated rings. The molecule has 3 amide bonds. The van der Waals surface area contributed by atoms with Gasteiger partial charge in [0, 0.05) is 25.2 Å². The van der Waals surface area contributed by atoms with Crippen LogP contribution in [0.25, 0.3) is 0 Å². The van der Waals surface area contributed by atoms with Crippen molar-refractivity contribution >= 4 is 23.7 Å². The van der Waals surface area contributed by atoms with Crippen LogP contribution in [0.3, 0.4) is 0 Å². The van der Waals surface area contributed by atoms with E-state index in [0.29, 0.717) is 18.2 Å². The van der Waals surface area contributed by atoms with Crippen molar-refractivity contribution in [3.05, 3.63) is 47.3 Å². The van der Waals surface area contributed by atoms with E-state index in [1.807, 2.05) is 25.1 Å². The lowest BCUT2D eigenvalue weighted by molar-refractivity contribution is -0.126. The van der Waals surface area contributed by atoms with Gasteiger partial charge in [-0.25, -0.2) is 9.78 Å². The molecule has 1 unspecified atom stereocenters. The number of H-pyrrole nitrogens is 1. The molecule has 1 aliphatic rings. The van der Waals surface area contributed by atoms with Crippen molar-refractivity contribution < 1.29 is 9.59 Å². The van der Waals surface area contributed by atoms with E-state index in [4.69, 9.17) is 0 Å². The molecule has 2 aromatic rings. The van der Waals surface area contributed by atoms with Gasteiger partial charge in [0.25, 0.3) is 0 Å². The van der Waals surface area contributed by atoms with Gasteiger partial charge in [0.2, 0.25) is 5.91 Å². The van der Waals surface area contributed by atoms with Crippen LogP contribution in [0.4, 0.5) is 4.79 Å². The van der Waals surface area contributed by atoms with Gasteiger partial charge >= 0.3 is 6.03 Å². The number of aromatic amines is 1. The van der Waals surface area contributed by atoms with Gasteiger partial charge in [-0.2, -0.15) is 0 Å². The number of carbonyl (C=O) groups excluding carboxylic acids is 2. The highest BCUT2D eigenvalue weighted by Gasteiger charge is 2.30. The molecule has 1 aromatic carbocycles. The summed E-state index contributed by atoms with van der Waals surface area (Å²) in [6, 6.07) is 9.83. The number of carbonyl (C=O) groups is 2. The normalized spacial score (nSPS) is 15.4. The summed E-state index contributed by atoms with van der Waals surface area (Å²) in [7, 11) is 0. The second-order valence-electron chi connectivity index (χ2n) is 5.76. The summed E-state index contributed by atoms with van der Waals surface area (Å²) in [6.45, 7) is 4.73. The molecule has 7 heteroatoms. The summed E-state index contributed by atoms with van der Waals surface area (Å²) >= 11 is 1.35. The highest BCUT2D eigenvalue weighted by atomic mass is 32.2. The maximum absolute atomic E-state index is 12.3. The van der Waals surface area contributed by atoms with Crippen molar-refractivity contribution in [2.75, 3.05) is 13.1 Å². The minimum Gasteiger partial charge on any atom is -0.337 e. The van der Waals surface area contributed by atoms with Crippen molar-refractivity contribution in [3.63, 3.8) is 0 Å². The van der Waals surface area contributed by atoms with Crippen LogP contribution in [-0.2, 0) is 11.2 Å². The first-order chi connectivity index (χ1) is 11.5. The van der Waals surface area contributed by atoms with Crippen LogP contribution in [0.5, 0.6) is 0 Å². The van der Waals surface area contributed by atoms with E-state index in [9.17, 15) is 9.59 Å². The molecule has 0 bridgehead atoms. The smallest absolute Gasteiger partial charge is 0.324 e. The third kappa shape index (κ3) is 3.62. The van der Waals surface area contributed by atoms with E-state index in [-0.39, 0.29) is 17.2 Å². The molecule has 1 aliphatic heterocycles. The predicted molar refractivity (Wildman–Crippen MR) is 93.0 cm³/mol. The number of nitrogens with zero attached hydrogens (tertiary/aromatic N) is 2. The number of amides is 3. The van der Waals surface area contributed by atoms with E-state index in [0.717, 1.165) is 17.8 Å². The third-order valence-corrected chi connectivity index (χ3v) is 4.91. The highest BCUT2D eigenvalue weighted by Crippen LogP contribution is 2.24. The monoisotopic (exact) mass is 344 g/mol. The Hall–Kier alpha value is -2.28. The van der Waals surface area contributed by atoms with E-state index in [1.54, 1.807) is 6.92 Å². The fourth-order valence-electron chi connectivity index (χ4n) is 2.60. The van der Waals surface area contributed by atoms with Crippen LogP contribution in [-0.4, -0.2) is 45.1 Å². The Balaban J connectivity index is 1.66. The second-order valence-corrected chi connectivity index (χ2v) is 7.09. The van der Waals surface area contributed by atoms with Gasteiger partial charge in [-0.3, -0.25) is 9.69 Å². The zero-order valence-electron chi connectivity index (χ0n) is 13.7. The Morgan fingerprint density at radius 1 is 1.38 bits per heavy atom. The molecule has 3 rings (SSSR count). The van der Waals surface area contributed by atoms with Crippen molar-refractivity contribution in [2.45, 2.75) is 30.7 Å². The number of rotatable bonds is 5. The van der Waals surface area contributed by atoms with E-state index in [1.165, 1.54) is 22.2 Å². The average molecular weight is 344 g/mol. The number of hydrogen-bond acceptors (Lipinski definition) is 4. The van der Waals surface area contributed by atoms with E-state index >= 15 is 0 Å². The number of thioether (sulfide) groups is 1. The van der Waals surface area contributed by atoms with Crippen LogP contribution in [0.2, 0.25) is 0 Å². The maximum atomic E-state index is 12.3. The fraction of sp³-hybridized carbons (Fsp3) is 0.353. The van der Waals surface area contributed by atoms with Gasteiger partial charge in [0.05, 0.1) is 10.9 Å². The molecule has 2 heterocycles. The van der Waals surface area contributed by atoms with Crippen LogP contribution in [0.15, 0.2) is 35.5 Å². The molecule has 1 atom stereocenters. The van der Waals surface area contributed by atoms with Gasteiger partial charge < -0.3 is 10.3 Å². The number of hydrogen-bond donors (Lipinski definition) is 2. The Bertz CT molecular complexity index is 744. The standard InChI is InChI=1S/C17H20N4O2S/c1-11-14(10-13-6-4-3-5-7-13)20-16(19-11)24-12(2)15(22)21-9-8-18-17(21)23/h3-7,12H,8-10H2,1-2H3,(H,18,23)(H,19,20). The number of urea groups is 1. The summed E-state index contributed by atoms with van der Waals surface area (Å²) < 4.78 is 0. The van der Waals surface area contributed by atoms with Crippen LogP contribution >= 0.6 is 11.8 Å². The Labute approximate surface area is 145 Å². The molecular weight excluding hydrogens is 324 g/mol. The molecule has 24 heavy (non-hydrogen) atoms. The number of imidazole rings is 1. The first kappa shape index (κ1) is 16.6. The van der Waals surface area contributed by atoms with Gasteiger partial charge in [-0.05, 0) is 19.4 Å². The lowest BCUT2D eigenvalue weighted by Crippen LogP contribution is -2.38. The molecule has 1 aromatic heterocycles. The zero-order chi connectivity index (χ0) is 17.1. The molecule has 1 saturated heterocycles. The number of aryl methyl sites for hydroxylation is 1. The maximum Gasteiger partial charge on any atom is 0.324 e. The number of nitrogens with one attached hydrogen (secondary N) is 2. The summed E-state index contributed by atoms with van der Waals surface area (Å²) in [5, 5.41) is 2.98. The quantitative estimate of drug-likeness (QED) is 0.816. The molecule has 0 saturated carbocycles. The molecule has 126 valence electrons. The highest BCUT2D eigenvalue weighted by molar-refractivity contribution is 8.00. The minimum absolute atomic E-state index is 0.186. The number of imide groups is 1. The van der Waals surface area contributed by atoms with Crippen LogP contribution < -0.4 is 5.32 Å². The largest absolute Gasteiger partial charge is 0.337 e. The number of benzene rings is 1. The number of aromatic nitrogens is 2. The first-order valence-corrected chi connectivity index (χ1v) is 8.78. The second kappa shape index (κ2) is 7.09. The Kier molecular flexibility index (Phi) is 4.89. The van der Waals surface area contributed by atoms with Crippen LogP contribution in [0, 0.1) is 6.92 Å². The predicted octanol–water partition coefficient (Wildman–Crippen LogP) is 2.34. The first-order valence-electron chi connectivity index (χ1n) is 7.90. The van der Waals surface area contributed by atoms with Crippen LogP contribution in [0.1, 0.15) is 23.9 Å².